The Labute approximate surface area is 171 Å². The lowest BCUT2D eigenvalue weighted by atomic mass is 10.0. The second kappa shape index (κ2) is 9.02. The molecule has 3 rings (SSSR count). The number of nitrogens with one attached hydrogen (secondary N) is 1. The smallest absolute Gasteiger partial charge is 0.161 e. The van der Waals surface area contributed by atoms with Gasteiger partial charge in [0.15, 0.2) is 11.5 Å². The fourth-order valence-corrected chi connectivity index (χ4v) is 3.62. The Bertz CT molecular complexity index is 940. The van der Waals surface area contributed by atoms with Gasteiger partial charge in [-0.3, -0.25) is 0 Å². The molecule has 0 amide bonds. The first-order chi connectivity index (χ1) is 13.5. The molecule has 3 aromatic rings. The van der Waals surface area contributed by atoms with E-state index >= 15 is 0 Å². The molecule has 0 atom stereocenters. The molecule has 0 fully saturated rings. The van der Waals surface area contributed by atoms with E-state index in [-0.39, 0.29) is 11.8 Å². The number of phenolic OH excluding ortho intramolecular Hbond substituents is 1. The van der Waals surface area contributed by atoms with Crippen molar-refractivity contribution >= 4 is 17.6 Å². The molecule has 0 aliphatic carbocycles. The zero-order valence-corrected chi connectivity index (χ0v) is 17.5. The van der Waals surface area contributed by atoms with Crippen LogP contribution in [0.5, 0.6) is 11.5 Å². The number of aromatic nitrogens is 1. The molecule has 1 heterocycles. The number of hydrogen-bond acceptors (Lipinski definition) is 5. The minimum atomic E-state index is 0.118. The summed E-state index contributed by atoms with van der Waals surface area (Å²) in [6.07, 6.45) is 0. The van der Waals surface area contributed by atoms with Crippen molar-refractivity contribution in [2.24, 2.45) is 0 Å². The summed E-state index contributed by atoms with van der Waals surface area (Å²) in [5.41, 5.74) is 3.95. The maximum absolute atomic E-state index is 9.90. The van der Waals surface area contributed by atoms with E-state index in [1.807, 2.05) is 23.9 Å². The first-order valence-electron chi connectivity index (χ1n) is 9.39. The highest BCUT2D eigenvalue weighted by Crippen LogP contribution is 2.34. The molecule has 146 valence electrons. The van der Waals surface area contributed by atoms with Crippen LogP contribution in [0.15, 0.2) is 59.5 Å². The van der Waals surface area contributed by atoms with Gasteiger partial charge in [-0.2, -0.15) is 0 Å². The third-order valence-electron chi connectivity index (χ3n) is 4.24. The van der Waals surface area contributed by atoms with Crippen molar-refractivity contribution in [3.8, 4) is 33.9 Å². The number of thioether (sulfide) groups is 1. The van der Waals surface area contributed by atoms with E-state index in [4.69, 9.17) is 9.72 Å². The van der Waals surface area contributed by atoms with Crippen LogP contribution in [0.1, 0.15) is 20.8 Å². The first kappa shape index (κ1) is 20.1. The number of hydrogen-bond donors (Lipinski definition) is 2. The van der Waals surface area contributed by atoms with E-state index in [0.717, 1.165) is 34.0 Å². The van der Waals surface area contributed by atoms with Crippen LogP contribution in [0.25, 0.3) is 22.4 Å². The summed E-state index contributed by atoms with van der Waals surface area (Å²) in [5.74, 6) is 2.43. The molecule has 0 saturated carbocycles. The van der Waals surface area contributed by atoms with Gasteiger partial charge in [0, 0.05) is 16.5 Å². The summed E-state index contributed by atoms with van der Waals surface area (Å²) in [6.45, 7) is 6.34. The lowest BCUT2D eigenvalue weighted by molar-refractivity contribution is 0.373. The minimum Gasteiger partial charge on any atom is -0.504 e. The normalized spacial score (nSPS) is 10.9. The Balaban J connectivity index is 2.06. The molecule has 2 N–H and O–H groups in total. The highest BCUT2D eigenvalue weighted by Gasteiger charge is 2.11. The van der Waals surface area contributed by atoms with Gasteiger partial charge in [-0.05, 0) is 73.2 Å². The van der Waals surface area contributed by atoms with Crippen molar-refractivity contribution in [3.63, 3.8) is 0 Å². The maximum Gasteiger partial charge on any atom is 0.161 e. The van der Waals surface area contributed by atoms with Crippen molar-refractivity contribution in [2.45, 2.75) is 31.7 Å². The Morgan fingerprint density at radius 2 is 1.71 bits per heavy atom. The Morgan fingerprint density at radius 3 is 2.36 bits per heavy atom. The standard InChI is InChI=1S/C23H26N2O2S/c1-5-28-19-9-6-16(7-10-19)18-12-20(25-23(14-18)24-15(2)3)17-8-11-21(26)22(13-17)27-4/h6-15,26H,5H2,1-4H3,(H,24,25). The first-order valence-corrected chi connectivity index (χ1v) is 10.4. The molecule has 5 heteroatoms. The molecule has 0 bridgehead atoms. The molecule has 0 aliphatic heterocycles. The van der Waals surface area contributed by atoms with Gasteiger partial charge in [-0.25, -0.2) is 4.98 Å². The number of methoxy groups -OCH3 is 1. The second-order valence-electron chi connectivity index (χ2n) is 6.77. The highest BCUT2D eigenvalue weighted by molar-refractivity contribution is 7.99. The number of anilines is 1. The molecule has 28 heavy (non-hydrogen) atoms. The zero-order valence-electron chi connectivity index (χ0n) is 16.7. The van der Waals surface area contributed by atoms with Gasteiger partial charge in [-0.1, -0.05) is 19.1 Å². The number of benzene rings is 2. The van der Waals surface area contributed by atoms with E-state index in [2.05, 4.69) is 62.5 Å². The van der Waals surface area contributed by atoms with Crippen molar-refractivity contribution in [2.75, 3.05) is 18.2 Å². The van der Waals surface area contributed by atoms with Crippen LogP contribution in [0.3, 0.4) is 0 Å². The van der Waals surface area contributed by atoms with Gasteiger partial charge in [0.25, 0.3) is 0 Å². The van der Waals surface area contributed by atoms with Crippen LogP contribution in [-0.2, 0) is 0 Å². The fraction of sp³-hybridized carbons (Fsp3) is 0.261. The molecular weight excluding hydrogens is 368 g/mol. The summed E-state index contributed by atoms with van der Waals surface area (Å²) >= 11 is 1.83. The topological polar surface area (TPSA) is 54.4 Å². The van der Waals surface area contributed by atoms with Gasteiger partial charge in [-0.15, -0.1) is 11.8 Å². The molecule has 0 spiro atoms. The lowest BCUT2D eigenvalue weighted by Gasteiger charge is -2.14. The number of nitrogens with zero attached hydrogens (tertiary/aromatic N) is 1. The van der Waals surface area contributed by atoms with Gasteiger partial charge < -0.3 is 15.2 Å². The summed E-state index contributed by atoms with van der Waals surface area (Å²) < 4.78 is 5.26. The average Bonchev–Trinajstić information content (AvgIpc) is 2.68. The Morgan fingerprint density at radius 1 is 1.00 bits per heavy atom. The van der Waals surface area contributed by atoms with Crippen LogP contribution in [0.2, 0.25) is 0 Å². The number of rotatable bonds is 7. The second-order valence-corrected chi connectivity index (χ2v) is 8.11. The Hall–Kier alpha value is -2.66. The van der Waals surface area contributed by atoms with Crippen LogP contribution in [0, 0.1) is 0 Å². The molecule has 0 radical (unpaired) electrons. The molecular formula is C23H26N2O2S. The van der Waals surface area contributed by atoms with Crippen LogP contribution < -0.4 is 10.1 Å². The third kappa shape index (κ3) is 4.78. The van der Waals surface area contributed by atoms with E-state index in [0.29, 0.717) is 5.75 Å². The summed E-state index contributed by atoms with van der Waals surface area (Å²) in [5, 5.41) is 13.3. The van der Waals surface area contributed by atoms with E-state index < -0.39 is 0 Å². The van der Waals surface area contributed by atoms with Gasteiger partial charge in [0.1, 0.15) is 5.82 Å². The number of aromatic hydroxyl groups is 1. The SMILES string of the molecule is CCSc1ccc(-c2cc(NC(C)C)nc(-c3ccc(O)c(OC)c3)c2)cc1. The third-order valence-corrected chi connectivity index (χ3v) is 5.13. The summed E-state index contributed by atoms with van der Waals surface area (Å²) in [7, 11) is 1.55. The lowest BCUT2D eigenvalue weighted by Crippen LogP contribution is -2.11. The minimum absolute atomic E-state index is 0.118. The van der Waals surface area contributed by atoms with E-state index in [1.54, 1.807) is 13.2 Å². The van der Waals surface area contributed by atoms with Crippen molar-refractivity contribution in [3.05, 3.63) is 54.6 Å². The van der Waals surface area contributed by atoms with Crippen LogP contribution in [-0.4, -0.2) is 29.0 Å². The number of pyridine rings is 1. The summed E-state index contributed by atoms with van der Waals surface area (Å²) in [4.78, 5) is 6.04. The van der Waals surface area contributed by atoms with Crippen LogP contribution >= 0.6 is 11.8 Å². The van der Waals surface area contributed by atoms with Crippen molar-refractivity contribution in [1.29, 1.82) is 0 Å². The van der Waals surface area contributed by atoms with E-state index in [9.17, 15) is 5.11 Å². The quantitative estimate of drug-likeness (QED) is 0.477. The van der Waals surface area contributed by atoms with Gasteiger partial charge in [0.2, 0.25) is 0 Å². The average molecular weight is 395 g/mol. The predicted octanol–water partition coefficient (Wildman–Crippen LogP) is 6.06. The van der Waals surface area contributed by atoms with Gasteiger partial charge >= 0.3 is 0 Å². The molecule has 0 saturated heterocycles. The summed E-state index contributed by atoms with van der Waals surface area (Å²) in [6, 6.07) is 18.3. The van der Waals surface area contributed by atoms with Crippen LogP contribution in [0.4, 0.5) is 5.82 Å². The largest absolute Gasteiger partial charge is 0.504 e. The zero-order chi connectivity index (χ0) is 20.1. The monoisotopic (exact) mass is 394 g/mol. The van der Waals surface area contributed by atoms with Crippen molar-refractivity contribution in [1.82, 2.24) is 4.98 Å². The number of ether oxygens (including phenoxy) is 1. The molecule has 0 unspecified atom stereocenters. The van der Waals surface area contributed by atoms with Crippen molar-refractivity contribution < 1.29 is 9.84 Å². The highest BCUT2D eigenvalue weighted by atomic mass is 32.2. The maximum atomic E-state index is 9.90. The fourth-order valence-electron chi connectivity index (χ4n) is 2.96. The molecule has 4 nitrogen and oxygen atoms in total. The van der Waals surface area contributed by atoms with Gasteiger partial charge in [0.05, 0.1) is 12.8 Å². The molecule has 1 aromatic heterocycles. The molecule has 0 aliphatic rings. The Kier molecular flexibility index (Phi) is 6.47. The number of phenols is 1. The predicted molar refractivity (Wildman–Crippen MR) is 118 cm³/mol. The van der Waals surface area contributed by atoms with E-state index in [1.165, 1.54) is 4.90 Å². The molecule has 2 aromatic carbocycles.